The first-order valence-corrected chi connectivity index (χ1v) is 5.87. The summed E-state index contributed by atoms with van der Waals surface area (Å²) in [6, 6.07) is 17.1. The lowest BCUT2D eigenvalue weighted by atomic mass is 10.2. The first-order chi connectivity index (χ1) is 7.25. The van der Waals surface area contributed by atoms with Crippen LogP contribution in [0.25, 0.3) is 0 Å². The number of hydrogen-bond acceptors (Lipinski definition) is 1. The lowest BCUT2D eigenvalue weighted by Gasteiger charge is -2.05. The molecule has 0 saturated carbocycles. The molecule has 76 valence electrons. The van der Waals surface area contributed by atoms with E-state index in [4.69, 9.17) is 0 Å². The predicted octanol–water partition coefficient (Wildman–Crippen LogP) is 4.45. The van der Waals surface area contributed by atoms with Crippen molar-refractivity contribution < 1.29 is 0 Å². The first kappa shape index (κ1) is 10.3. The second-order valence-electron chi connectivity index (χ2n) is 3.68. The minimum absolute atomic E-state index is 1.31. The average molecular weight is 214 g/mol. The molecule has 1 heteroatoms. The van der Waals surface area contributed by atoms with Gasteiger partial charge < -0.3 is 0 Å². The first-order valence-electron chi connectivity index (χ1n) is 5.06. The van der Waals surface area contributed by atoms with E-state index < -0.39 is 0 Å². The second kappa shape index (κ2) is 4.54. The molecule has 0 saturated heterocycles. The topological polar surface area (TPSA) is 0 Å². The smallest absolute Gasteiger partial charge is 0.0151 e. The van der Waals surface area contributed by atoms with Crippen LogP contribution in [0.3, 0.4) is 0 Å². The molecule has 0 fully saturated rings. The molecule has 2 aromatic rings. The Bertz CT molecular complexity index is 460. The van der Waals surface area contributed by atoms with E-state index in [9.17, 15) is 0 Å². The summed E-state index contributed by atoms with van der Waals surface area (Å²) in [5.74, 6) is 0. The van der Waals surface area contributed by atoms with Crippen molar-refractivity contribution in [2.24, 2.45) is 0 Å². The third kappa shape index (κ3) is 2.63. The number of benzene rings is 2. The van der Waals surface area contributed by atoms with Crippen molar-refractivity contribution in [3.63, 3.8) is 0 Å². The quantitative estimate of drug-likeness (QED) is 0.711. The SMILES string of the molecule is Cc1cccc(Sc2ccccc2C)c1. The van der Waals surface area contributed by atoms with Gasteiger partial charge >= 0.3 is 0 Å². The van der Waals surface area contributed by atoms with E-state index in [1.165, 1.54) is 20.9 Å². The summed E-state index contributed by atoms with van der Waals surface area (Å²) < 4.78 is 0. The third-order valence-corrected chi connectivity index (χ3v) is 3.48. The van der Waals surface area contributed by atoms with Gasteiger partial charge in [0.15, 0.2) is 0 Å². The van der Waals surface area contributed by atoms with Gasteiger partial charge in [0.1, 0.15) is 0 Å². The van der Waals surface area contributed by atoms with E-state index in [2.05, 4.69) is 62.4 Å². The molecule has 0 heterocycles. The van der Waals surface area contributed by atoms with Crippen LogP contribution in [0.5, 0.6) is 0 Å². The van der Waals surface area contributed by atoms with Crippen LogP contribution in [0.4, 0.5) is 0 Å². The maximum atomic E-state index is 2.22. The van der Waals surface area contributed by atoms with Gasteiger partial charge in [0.05, 0.1) is 0 Å². The highest BCUT2D eigenvalue weighted by atomic mass is 32.2. The highest BCUT2D eigenvalue weighted by Crippen LogP contribution is 2.30. The van der Waals surface area contributed by atoms with Crippen molar-refractivity contribution in [1.29, 1.82) is 0 Å². The Morgan fingerprint density at radius 2 is 1.67 bits per heavy atom. The molecule has 0 radical (unpaired) electrons. The fourth-order valence-corrected chi connectivity index (χ4v) is 2.50. The van der Waals surface area contributed by atoms with E-state index in [0.29, 0.717) is 0 Å². The number of hydrogen-bond donors (Lipinski definition) is 0. The third-order valence-electron chi connectivity index (χ3n) is 2.31. The molecule has 0 atom stereocenters. The summed E-state index contributed by atoms with van der Waals surface area (Å²) in [6.07, 6.45) is 0. The molecule has 0 spiro atoms. The number of rotatable bonds is 2. The lowest BCUT2D eigenvalue weighted by Crippen LogP contribution is -1.79. The monoisotopic (exact) mass is 214 g/mol. The maximum Gasteiger partial charge on any atom is 0.0151 e. The molecular formula is C14H14S. The molecule has 0 unspecified atom stereocenters. The Labute approximate surface area is 95.3 Å². The van der Waals surface area contributed by atoms with Crippen molar-refractivity contribution in [1.82, 2.24) is 0 Å². The van der Waals surface area contributed by atoms with Gasteiger partial charge in [-0.1, -0.05) is 47.7 Å². The summed E-state index contributed by atoms with van der Waals surface area (Å²) in [4.78, 5) is 2.65. The van der Waals surface area contributed by atoms with Gasteiger partial charge in [0, 0.05) is 9.79 Å². The van der Waals surface area contributed by atoms with E-state index in [1.807, 2.05) is 11.8 Å². The Balaban J connectivity index is 2.26. The van der Waals surface area contributed by atoms with Crippen molar-refractivity contribution in [3.05, 3.63) is 59.7 Å². The summed E-state index contributed by atoms with van der Waals surface area (Å²) in [6.45, 7) is 4.28. The van der Waals surface area contributed by atoms with E-state index >= 15 is 0 Å². The minimum Gasteiger partial charge on any atom is -0.0898 e. The van der Waals surface area contributed by atoms with Gasteiger partial charge in [-0.2, -0.15) is 0 Å². The zero-order chi connectivity index (χ0) is 10.7. The summed E-state index contributed by atoms with van der Waals surface area (Å²) in [7, 11) is 0. The van der Waals surface area contributed by atoms with Gasteiger partial charge in [-0.25, -0.2) is 0 Å². The molecule has 0 aliphatic rings. The van der Waals surface area contributed by atoms with Crippen LogP contribution in [-0.2, 0) is 0 Å². The van der Waals surface area contributed by atoms with Crippen molar-refractivity contribution in [2.45, 2.75) is 23.6 Å². The van der Waals surface area contributed by atoms with Crippen LogP contribution in [0.1, 0.15) is 11.1 Å². The van der Waals surface area contributed by atoms with Crippen LogP contribution < -0.4 is 0 Å². The molecule has 2 rings (SSSR count). The van der Waals surface area contributed by atoms with Crippen LogP contribution >= 0.6 is 11.8 Å². The molecule has 2 aromatic carbocycles. The zero-order valence-corrected chi connectivity index (χ0v) is 9.84. The largest absolute Gasteiger partial charge is 0.0898 e. The molecular weight excluding hydrogens is 200 g/mol. The second-order valence-corrected chi connectivity index (χ2v) is 4.80. The Morgan fingerprint density at radius 1 is 0.867 bits per heavy atom. The van der Waals surface area contributed by atoms with E-state index in [1.54, 1.807) is 0 Å². The molecule has 0 aromatic heterocycles. The molecule has 0 N–H and O–H groups in total. The van der Waals surface area contributed by atoms with Gasteiger partial charge in [0.2, 0.25) is 0 Å². The van der Waals surface area contributed by atoms with E-state index in [0.717, 1.165) is 0 Å². The van der Waals surface area contributed by atoms with Gasteiger partial charge in [-0.05, 0) is 37.6 Å². The molecule has 0 aliphatic carbocycles. The fraction of sp³-hybridized carbons (Fsp3) is 0.143. The molecule has 0 bridgehead atoms. The van der Waals surface area contributed by atoms with Crippen molar-refractivity contribution in [3.8, 4) is 0 Å². The summed E-state index contributed by atoms with van der Waals surface area (Å²) in [5.41, 5.74) is 2.65. The highest BCUT2D eigenvalue weighted by Gasteiger charge is 1.99. The van der Waals surface area contributed by atoms with Crippen molar-refractivity contribution in [2.75, 3.05) is 0 Å². The molecule has 0 nitrogen and oxygen atoms in total. The average Bonchev–Trinajstić information content (AvgIpc) is 2.22. The predicted molar refractivity (Wildman–Crippen MR) is 66.5 cm³/mol. The lowest BCUT2D eigenvalue weighted by molar-refractivity contribution is 1.28. The van der Waals surface area contributed by atoms with Gasteiger partial charge in [-0.15, -0.1) is 0 Å². The Hall–Kier alpha value is -1.21. The summed E-state index contributed by atoms with van der Waals surface area (Å²) >= 11 is 1.83. The molecule has 0 amide bonds. The molecule has 15 heavy (non-hydrogen) atoms. The van der Waals surface area contributed by atoms with Crippen LogP contribution in [0.15, 0.2) is 58.3 Å². The maximum absolute atomic E-state index is 2.22. The normalized spacial score (nSPS) is 10.3. The Morgan fingerprint density at radius 3 is 2.40 bits per heavy atom. The van der Waals surface area contributed by atoms with Gasteiger partial charge in [0.25, 0.3) is 0 Å². The minimum atomic E-state index is 1.31. The summed E-state index contributed by atoms with van der Waals surface area (Å²) in [5, 5.41) is 0. The van der Waals surface area contributed by atoms with Gasteiger partial charge in [-0.3, -0.25) is 0 Å². The fourth-order valence-electron chi connectivity index (χ4n) is 1.48. The van der Waals surface area contributed by atoms with Crippen LogP contribution in [0, 0.1) is 13.8 Å². The zero-order valence-electron chi connectivity index (χ0n) is 9.03. The van der Waals surface area contributed by atoms with Crippen molar-refractivity contribution >= 4 is 11.8 Å². The number of aryl methyl sites for hydroxylation is 2. The standard InChI is InChI=1S/C14H14S/c1-11-6-5-8-13(10-11)15-14-9-4-3-7-12(14)2/h3-10H,1-2H3. The highest BCUT2D eigenvalue weighted by molar-refractivity contribution is 7.99. The van der Waals surface area contributed by atoms with E-state index in [-0.39, 0.29) is 0 Å². The van der Waals surface area contributed by atoms with Crippen LogP contribution in [0.2, 0.25) is 0 Å². The van der Waals surface area contributed by atoms with Crippen LogP contribution in [-0.4, -0.2) is 0 Å². The molecule has 0 aliphatic heterocycles. The Kier molecular flexibility index (Phi) is 3.12.